The Morgan fingerprint density at radius 3 is 2.43 bits per heavy atom. The highest BCUT2D eigenvalue weighted by atomic mass is 32.1. The molecule has 14 heteroatoms. The van der Waals surface area contributed by atoms with E-state index in [1.165, 1.54) is 22.7 Å². The molecule has 0 aliphatic carbocycles. The van der Waals surface area contributed by atoms with Crippen LogP contribution in [0.4, 0.5) is 16.0 Å². The van der Waals surface area contributed by atoms with Gasteiger partial charge in [-0.1, -0.05) is 30.3 Å². The summed E-state index contributed by atoms with van der Waals surface area (Å²) in [7, 11) is 0. The van der Waals surface area contributed by atoms with Gasteiger partial charge in [-0.3, -0.25) is 35.0 Å². The van der Waals surface area contributed by atoms with Gasteiger partial charge < -0.3 is 14.5 Å². The molecule has 0 saturated carbocycles. The summed E-state index contributed by atoms with van der Waals surface area (Å²) < 4.78 is 11.6. The van der Waals surface area contributed by atoms with Crippen LogP contribution in [-0.2, 0) is 11.2 Å². The molecule has 5 aromatic heterocycles. The van der Waals surface area contributed by atoms with Crippen LogP contribution in [0.2, 0.25) is 0 Å². The van der Waals surface area contributed by atoms with Crippen molar-refractivity contribution in [3.8, 4) is 28.5 Å². The highest BCUT2D eigenvalue weighted by Gasteiger charge is 2.26. The molecule has 0 atom stereocenters. The average molecular weight is 686 g/mol. The summed E-state index contributed by atoms with van der Waals surface area (Å²) in [6, 6.07) is 23.3. The zero-order chi connectivity index (χ0) is 33.3. The van der Waals surface area contributed by atoms with Crippen LogP contribution < -0.4 is 20.7 Å². The van der Waals surface area contributed by atoms with Gasteiger partial charge in [-0.05, 0) is 48.5 Å². The zero-order valence-corrected chi connectivity index (χ0v) is 26.9. The lowest BCUT2D eigenvalue weighted by atomic mass is 10.0. The summed E-state index contributed by atoms with van der Waals surface area (Å²) in [5, 5.41) is 11.8. The van der Waals surface area contributed by atoms with Crippen molar-refractivity contribution in [1.82, 2.24) is 19.9 Å². The second-order valence-electron chi connectivity index (χ2n) is 10.8. The minimum absolute atomic E-state index is 0.125. The Morgan fingerprint density at radius 2 is 1.61 bits per heavy atom. The lowest BCUT2D eigenvalue weighted by Crippen LogP contribution is -2.25. The SMILES string of the molecule is O=C1COc2cc(C(=O)Nc3nc(-c4ccccn4)c(Cc4c(C(=O)Nc5nc(-c6ccccn6)cs5)oc5ccccc45)s3)ccc2N1. The van der Waals surface area contributed by atoms with Crippen molar-refractivity contribution in [2.45, 2.75) is 6.42 Å². The van der Waals surface area contributed by atoms with E-state index in [1.54, 1.807) is 30.6 Å². The number of anilines is 3. The van der Waals surface area contributed by atoms with E-state index in [1.807, 2.05) is 66.0 Å². The number of furan rings is 1. The van der Waals surface area contributed by atoms with Crippen LogP contribution in [0.15, 0.2) is 101 Å². The van der Waals surface area contributed by atoms with Gasteiger partial charge in [-0.2, -0.15) is 0 Å². The Morgan fingerprint density at radius 1 is 0.837 bits per heavy atom. The summed E-state index contributed by atoms with van der Waals surface area (Å²) in [4.78, 5) is 57.7. The highest BCUT2D eigenvalue weighted by Crippen LogP contribution is 2.37. The smallest absolute Gasteiger partial charge is 0.293 e. The standard InChI is InChI=1S/C35H23N7O5S2/c43-29-17-46-27-15-19(11-12-23(27)38-29)32(44)41-35-40-30(24-9-4-6-14-37-24)28(49-35)16-21-20-7-1-2-10-26(20)47-31(21)33(45)42-34-39-25(18-48-34)22-8-3-5-13-36-22/h1-15,18H,16-17H2,(H,38,43)(H,39,42,45)(H,40,41,44). The fourth-order valence-corrected chi connectivity index (χ4v) is 7.03. The Hall–Kier alpha value is -6.25. The second-order valence-corrected chi connectivity index (χ2v) is 12.7. The fraction of sp³-hybridized carbons (Fsp3) is 0.0571. The molecule has 1 aliphatic rings. The largest absolute Gasteiger partial charge is 0.482 e. The number of aromatic nitrogens is 4. The first-order valence-corrected chi connectivity index (χ1v) is 16.7. The molecule has 7 aromatic rings. The van der Waals surface area contributed by atoms with Gasteiger partial charge >= 0.3 is 0 Å². The lowest BCUT2D eigenvalue weighted by Gasteiger charge is -2.18. The summed E-state index contributed by atoms with van der Waals surface area (Å²) >= 11 is 2.57. The van der Waals surface area contributed by atoms with Crippen molar-refractivity contribution in [3.63, 3.8) is 0 Å². The second kappa shape index (κ2) is 12.7. The van der Waals surface area contributed by atoms with Crippen molar-refractivity contribution in [3.05, 3.63) is 118 Å². The van der Waals surface area contributed by atoms with Crippen molar-refractivity contribution >= 4 is 67.3 Å². The van der Waals surface area contributed by atoms with Gasteiger partial charge in [0.15, 0.2) is 22.6 Å². The number of nitrogens with zero attached hydrogens (tertiary/aromatic N) is 4. The van der Waals surface area contributed by atoms with Crippen molar-refractivity contribution in [2.24, 2.45) is 0 Å². The number of carbonyl (C=O) groups is 3. The first-order valence-electron chi connectivity index (χ1n) is 15.0. The van der Waals surface area contributed by atoms with E-state index < -0.39 is 11.8 Å². The summed E-state index contributed by atoms with van der Waals surface area (Å²) in [5.74, 6) is -0.562. The van der Waals surface area contributed by atoms with Gasteiger partial charge in [0.2, 0.25) is 0 Å². The third kappa shape index (κ3) is 6.13. The fourth-order valence-electron chi connectivity index (χ4n) is 5.35. The van der Waals surface area contributed by atoms with E-state index >= 15 is 0 Å². The van der Waals surface area contributed by atoms with Gasteiger partial charge in [-0.25, -0.2) is 9.97 Å². The normalized spacial score (nSPS) is 12.2. The number of nitrogens with one attached hydrogen (secondary N) is 3. The van der Waals surface area contributed by atoms with Gasteiger partial charge in [0.25, 0.3) is 17.7 Å². The number of rotatable bonds is 8. The maximum atomic E-state index is 13.8. The van der Waals surface area contributed by atoms with Crippen molar-refractivity contribution < 1.29 is 23.5 Å². The number of hydrogen-bond donors (Lipinski definition) is 3. The number of hydrogen-bond acceptors (Lipinski definition) is 11. The first-order chi connectivity index (χ1) is 24.0. The number of amides is 3. The highest BCUT2D eigenvalue weighted by molar-refractivity contribution is 7.16. The molecule has 0 radical (unpaired) electrons. The molecule has 8 rings (SSSR count). The number of fused-ring (bicyclic) bond motifs is 2. The maximum absolute atomic E-state index is 13.8. The molecule has 3 amide bonds. The molecule has 49 heavy (non-hydrogen) atoms. The number of thiazole rings is 2. The molecule has 0 unspecified atom stereocenters. The number of carbonyl (C=O) groups excluding carboxylic acids is 3. The number of ether oxygens (including phenoxy) is 1. The molecule has 240 valence electrons. The van der Waals surface area contributed by atoms with E-state index in [0.29, 0.717) is 61.2 Å². The van der Waals surface area contributed by atoms with E-state index in [4.69, 9.17) is 14.1 Å². The van der Waals surface area contributed by atoms with E-state index in [0.717, 1.165) is 10.3 Å². The zero-order valence-electron chi connectivity index (χ0n) is 25.3. The molecule has 0 fully saturated rings. The minimum Gasteiger partial charge on any atom is -0.482 e. The number of para-hydroxylation sites is 1. The third-order valence-electron chi connectivity index (χ3n) is 7.60. The maximum Gasteiger partial charge on any atom is 0.293 e. The molecule has 1 aliphatic heterocycles. The van der Waals surface area contributed by atoms with E-state index in [-0.39, 0.29) is 24.7 Å². The molecule has 0 bridgehead atoms. The number of pyridine rings is 2. The molecular weight excluding hydrogens is 663 g/mol. The molecule has 3 N–H and O–H groups in total. The molecular formula is C35H23N7O5S2. The van der Waals surface area contributed by atoms with Crippen molar-refractivity contribution in [2.75, 3.05) is 22.6 Å². The van der Waals surface area contributed by atoms with Gasteiger partial charge in [0.1, 0.15) is 22.7 Å². The topological polar surface area (TPSA) is 161 Å². The Kier molecular flexibility index (Phi) is 7.83. The van der Waals surface area contributed by atoms with E-state index in [9.17, 15) is 14.4 Å². The molecule has 6 heterocycles. The summed E-state index contributed by atoms with van der Waals surface area (Å²) in [6.07, 6.45) is 3.62. The van der Waals surface area contributed by atoms with Crippen LogP contribution in [-0.4, -0.2) is 44.3 Å². The monoisotopic (exact) mass is 685 g/mol. The van der Waals surface area contributed by atoms with Crippen LogP contribution in [0.25, 0.3) is 33.7 Å². The lowest BCUT2D eigenvalue weighted by molar-refractivity contribution is -0.118. The molecule has 0 saturated heterocycles. The first kappa shape index (κ1) is 30.1. The van der Waals surface area contributed by atoms with Crippen LogP contribution in [0, 0.1) is 0 Å². The minimum atomic E-state index is -0.448. The van der Waals surface area contributed by atoms with Gasteiger partial charge in [-0.15, -0.1) is 22.7 Å². The average Bonchev–Trinajstić information content (AvgIpc) is 3.86. The summed E-state index contributed by atoms with van der Waals surface area (Å²) in [6.45, 7) is -0.125. The predicted octanol–water partition coefficient (Wildman–Crippen LogP) is 6.90. The predicted molar refractivity (Wildman–Crippen MR) is 186 cm³/mol. The van der Waals surface area contributed by atoms with Crippen LogP contribution in [0.3, 0.4) is 0 Å². The molecule has 12 nitrogen and oxygen atoms in total. The van der Waals surface area contributed by atoms with Gasteiger partial charge in [0.05, 0.1) is 17.1 Å². The Labute approximate surface area is 285 Å². The van der Waals surface area contributed by atoms with Crippen LogP contribution >= 0.6 is 22.7 Å². The Bertz CT molecular complexity index is 2370. The van der Waals surface area contributed by atoms with Crippen molar-refractivity contribution in [1.29, 1.82) is 0 Å². The third-order valence-corrected chi connectivity index (χ3v) is 9.32. The quantitative estimate of drug-likeness (QED) is 0.155. The molecule has 2 aromatic carbocycles. The van der Waals surface area contributed by atoms with Crippen LogP contribution in [0.1, 0.15) is 31.4 Å². The van der Waals surface area contributed by atoms with E-state index in [2.05, 4.69) is 30.9 Å². The molecule has 0 spiro atoms. The summed E-state index contributed by atoms with van der Waals surface area (Å²) in [5.41, 5.74) is 4.56. The van der Waals surface area contributed by atoms with Crippen LogP contribution in [0.5, 0.6) is 5.75 Å². The van der Waals surface area contributed by atoms with Gasteiger partial charge in [0, 0.05) is 45.6 Å². The Balaban J connectivity index is 1.11. The number of benzene rings is 2.